The molecule has 1 atom stereocenters. The van der Waals surface area contributed by atoms with Crippen LogP contribution in [0.25, 0.3) is 11.3 Å². The maximum Gasteiger partial charge on any atom is 0.232 e. The van der Waals surface area contributed by atoms with Gasteiger partial charge in [-0.1, -0.05) is 68.5 Å². The standard InChI is InChI=1S/C26H24N4O4S2/c1-4-36(32,33)17-11-9-16(10-12-17)20-14-13-19-22(18-7-5-6-8-21(18)34-23(19)28-20)26(2,3)24(31)29-25-30-27-15-35-25/h5-15,22H,4H2,1-3H3,(H,29,30,31)/t22-/m0/s1. The van der Waals surface area contributed by atoms with Gasteiger partial charge in [-0.2, -0.15) is 0 Å². The van der Waals surface area contributed by atoms with E-state index in [1.165, 1.54) is 11.3 Å². The second-order valence-electron chi connectivity index (χ2n) is 9.01. The fourth-order valence-corrected chi connectivity index (χ4v) is 5.72. The van der Waals surface area contributed by atoms with Crippen LogP contribution in [0.4, 0.5) is 5.13 Å². The van der Waals surface area contributed by atoms with Gasteiger partial charge in [0, 0.05) is 22.6 Å². The van der Waals surface area contributed by atoms with E-state index in [1.807, 2.05) is 50.2 Å². The normalized spacial score (nSPS) is 14.9. The van der Waals surface area contributed by atoms with Crippen molar-refractivity contribution >= 4 is 32.2 Å². The highest BCUT2D eigenvalue weighted by Gasteiger charge is 2.44. The lowest BCUT2D eigenvalue weighted by Crippen LogP contribution is -2.38. The first-order chi connectivity index (χ1) is 17.2. The summed E-state index contributed by atoms with van der Waals surface area (Å²) in [6, 6.07) is 18.1. The van der Waals surface area contributed by atoms with Crippen LogP contribution < -0.4 is 10.1 Å². The summed E-state index contributed by atoms with van der Waals surface area (Å²) in [5.41, 5.74) is 3.78. The van der Waals surface area contributed by atoms with Gasteiger partial charge in [-0.3, -0.25) is 4.79 Å². The van der Waals surface area contributed by atoms with Crippen LogP contribution in [0.2, 0.25) is 0 Å². The van der Waals surface area contributed by atoms with Crippen LogP contribution in [0.5, 0.6) is 11.6 Å². The van der Waals surface area contributed by atoms with Gasteiger partial charge < -0.3 is 10.1 Å². The molecule has 1 aliphatic rings. The van der Waals surface area contributed by atoms with Gasteiger partial charge in [-0.05, 0) is 24.3 Å². The van der Waals surface area contributed by atoms with Crippen LogP contribution in [0.3, 0.4) is 0 Å². The molecule has 5 rings (SSSR count). The number of rotatable bonds is 6. The van der Waals surface area contributed by atoms with E-state index in [1.54, 1.807) is 36.7 Å². The fourth-order valence-electron chi connectivity index (χ4n) is 4.39. The molecule has 0 bridgehead atoms. The summed E-state index contributed by atoms with van der Waals surface area (Å²) >= 11 is 1.26. The molecule has 0 fully saturated rings. The van der Waals surface area contributed by atoms with Crippen LogP contribution in [-0.2, 0) is 14.6 Å². The number of carbonyl (C=O) groups is 1. The molecule has 0 radical (unpaired) electrons. The zero-order chi connectivity index (χ0) is 25.5. The molecule has 184 valence electrons. The Bertz CT molecular complexity index is 1530. The Labute approximate surface area is 213 Å². The zero-order valence-electron chi connectivity index (χ0n) is 19.9. The minimum atomic E-state index is -3.29. The van der Waals surface area contributed by atoms with E-state index in [0.717, 1.165) is 16.7 Å². The maximum atomic E-state index is 13.4. The molecule has 0 spiro atoms. The number of nitrogens with zero attached hydrogens (tertiary/aromatic N) is 3. The highest BCUT2D eigenvalue weighted by Crippen LogP contribution is 2.52. The highest BCUT2D eigenvalue weighted by atomic mass is 32.2. The molecule has 10 heteroatoms. The number of aromatic nitrogens is 3. The van der Waals surface area contributed by atoms with Crippen molar-refractivity contribution in [3.63, 3.8) is 0 Å². The van der Waals surface area contributed by atoms with Crippen LogP contribution in [-0.4, -0.2) is 35.3 Å². The van der Waals surface area contributed by atoms with Gasteiger partial charge in [0.1, 0.15) is 11.3 Å². The molecular weight excluding hydrogens is 496 g/mol. The van der Waals surface area contributed by atoms with Crippen LogP contribution in [0, 0.1) is 5.41 Å². The third kappa shape index (κ3) is 4.27. The van der Waals surface area contributed by atoms with Gasteiger partial charge >= 0.3 is 0 Å². The Morgan fingerprint density at radius 1 is 1.06 bits per heavy atom. The number of nitrogens with one attached hydrogen (secondary N) is 1. The van der Waals surface area contributed by atoms with E-state index < -0.39 is 15.3 Å². The number of carbonyl (C=O) groups excluding carboxylic acids is 1. The van der Waals surface area contributed by atoms with Gasteiger partial charge in [-0.15, -0.1) is 10.2 Å². The van der Waals surface area contributed by atoms with Gasteiger partial charge in [-0.25, -0.2) is 13.4 Å². The number of hydrogen-bond donors (Lipinski definition) is 1. The molecule has 0 saturated carbocycles. The molecule has 1 aliphatic heterocycles. The largest absolute Gasteiger partial charge is 0.438 e. The van der Waals surface area contributed by atoms with Gasteiger partial charge in [0.25, 0.3) is 0 Å². The van der Waals surface area contributed by atoms with E-state index in [9.17, 15) is 13.2 Å². The van der Waals surface area contributed by atoms with E-state index in [-0.39, 0.29) is 22.5 Å². The monoisotopic (exact) mass is 520 g/mol. The van der Waals surface area contributed by atoms with E-state index in [0.29, 0.717) is 22.5 Å². The number of hydrogen-bond acceptors (Lipinski definition) is 8. The van der Waals surface area contributed by atoms with Crippen molar-refractivity contribution in [2.75, 3.05) is 11.1 Å². The van der Waals surface area contributed by atoms with Crippen molar-refractivity contribution in [2.45, 2.75) is 31.6 Å². The third-order valence-electron chi connectivity index (χ3n) is 6.41. The topological polar surface area (TPSA) is 111 Å². The zero-order valence-corrected chi connectivity index (χ0v) is 21.6. The number of benzene rings is 2. The van der Waals surface area contributed by atoms with Crippen molar-refractivity contribution in [3.8, 4) is 22.9 Å². The summed E-state index contributed by atoms with van der Waals surface area (Å²) in [4.78, 5) is 18.4. The van der Waals surface area contributed by atoms with E-state index in [2.05, 4.69) is 15.5 Å². The molecule has 1 N–H and O–H groups in total. The van der Waals surface area contributed by atoms with Crippen LogP contribution in [0.1, 0.15) is 37.8 Å². The molecule has 4 aromatic rings. The quantitative estimate of drug-likeness (QED) is 0.367. The Morgan fingerprint density at radius 3 is 2.50 bits per heavy atom. The number of ether oxygens (including phenoxy) is 1. The van der Waals surface area contributed by atoms with Gasteiger partial charge in [0.05, 0.1) is 21.8 Å². The summed E-state index contributed by atoms with van der Waals surface area (Å²) < 4.78 is 30.5. The molecule has 8 nitrogen and oxygen atoms in total. The number of fused-ring (bicyclic) bond motifs is 2. The maximum absolute atomic E-state index is 13.4. The molecule has 2 aromatic carbocycles. The molecule has 3 heterocycles. The van der Waals surface area contributed by atoms with Gasteiger partial charge in [0.2, 0.25) is 16.9 Å². The van der Waals surface area contributed by atoms with E-state index in [4.69, 9.17) is 9.72 Å². The second-order valence-corrected chi connectivity index (χ2v) is 12.1. The van der Waals surface area contributed by atoms with Crippen LogP contribution in [0.15, 0.2) is 71.1 Å². The predicted molar refractivity (Wildman–Crippen MR) is 138 cm³/mol. The van der Waals surface area contributed by atoms with Crippen molar-refractivity contribution < 1.29 is 17.9 Å². The molecule has 36 heavy (non-hydrogen) atoms. The number of amides is 1. The minimum absolute atomic E-state index is 0.0422. The SMILES string of the molecule is CCS(=O)(=O)c1ccc(-c2ccc3c(n2)Oc2ccccc2[C@@H]3C(C)(C)C(=O)Nc2nncs2)cc1. The number of pyridine rings is 1. The Morgan fingerprint density at radius 2 is 1.81 bits per heavy atom. The van der Waals surface area contributed by atoms with Gasteiger partial charge in [0.15, 0.2) is 9.84 Å². The van der Waals surface area contributed by atoms with Crippen molar-refractivity contribution in [3.05, 3.63) is 77.3 Å². The Hall–Kier alpha value is -3.63. The van der Waals surface area contributed by atoms with Crippen LogP contribution >= 0.6 is 11.3 Å². The lowest BCUT2D eigenvalue weighted by atomic mass is 9.69. The number of sulfone groups is 1. The molecular formula is C26H24N4O4S2. The lowest BCUT2D eigenvalue weighted by molar-refractivity contribution is -0.124. The summed E-state index contributed by atoms with van der Waals surface area (Å²) in [5.74, 6) is 0.576. The Kier molecular flexibility index (Phi) is 6.09. The molecule has 0 aliphatic carbocycles. The number of para-hydroxylation sites is 1. The highest BCUT2D eigenvalue weighted by molar-refractivity contribution is 7.91. The molecule has 1 amide bonds. The first kappa shape index (κ1) is 24.1. The van der Waals surface area contributed by atoms with Crippen molar-refractivity contribution in [1.29, 1.82) is 0 Å². The smallest absolute Gasteiger partial charge is 0.232 e. The van der Waals surface area contributed by atoms with Crippen molar-refractivity contribution in [2.24, 2.45) is 5.41 Å². The summed E-state index contributed by atoms with van der Waals surface area (Å²) in [6.45, 7) is 5.40. The summed E-state index contributed by atoms with van der Waals surface area (Å²) in [5, 5.41) is 11.0. The molecule has 0 unspecified atom stereocenters. The predicted octanol–water partition coefficient (Wildman–Crippen LogP) is 5.30. The molecule has 0 saturated heterocycles. The van der Waals surface area contributed by atoms with Crippen molar-refractivity contribution in [1.82, 2.24) is 15.2 Å². The average Bonchev–Trinajstić information content (AvgIpc) is 3.40. The average molecular weight is 521 g/mol. The second kappa shape index (κ2) is 9.11. The van der Waals surface area contributed by atoms with E-state index >= 15 is 0 Å². The Balaban J connectivity index is 1.54. The fraction of sp³-hybridized carbons (Fsp3) is 0.231. The summed E-state index contributed by atoms with van der Waals surface area (Å²) in [6.07, 6.45) is 0. The summed E-state index contributed by atoms with van der Waals surface area (Å²) in [7, 11) is -3.29. The number of anilines is 1. The first-order valence-corrected chi connectivity index (χ1v) is 13.9. The first-order valence-electron chi connectivity index (χ1n) is 11.4. The minimum Gasteiger partial charge on any atom is -0.438 e. The molecule has 2 aromatic heterocycles. The lowest BCUT2D eigenvalue weighted by Gasteiger charge is -2.37. The third-order valence-corrected chi connectivity index (χ3v) is 8.77.